The number of pyridine rings is 1. The maximum absolute atomic E-state index is 4.79. The minimum Gasteiger partial charge on any atom is -0.385 e. The largest absolute Gasteiger partial charge is 0.385 e. The number of rotatable bonds is 1. The van der Waals surface area contributed by atoms with Crippen LogP contribution in [0, 0.1) is 0 Å². The molecule has 0 bridgehead atoms. The number of hydrogen-bond donors (Lipinski definition) is 1. The van der Waals surface area contributed by atoms with Crippen molar-refractivity contribution in [2.45, 2.75) is 12.8 Å². The van der Waals surface area contributed by atoms with Gasteiger partial charge in [-0.1, -0.05) is 12.1 Å². The van der Waals surface area contributed by atoms with Crippen LogP contribution in [0.25, 0.3) is 22.4 Å². The van der Waals surface area contributed by atoms with E-state index >= 15 is 0 Å². The molecular formula is C16H16N4. The zero-order valence-corrected chi connectivity index (χ0v) is 11.4. The summed E-state index contributed by atoms with van der Waals surface area (Å²) < 4.78 is 2.13. The fourth-order valence-electron chi connectivity index (χ4n) is 3.00. The van der Waals surface area contributed by atoms with Gasteiger partial charge in [0.05, 0.1) is 17.2 Å². The molecule has 0 atom stereocenters. The number of nitrogens with zero attached hydrogens (tertiary/aromatic N) is 3. The second-order valence-corrected chi connectivity index (χ2v) is 5.22. The Labute approximate surface area is 117 Å². The Morgan fingerprint density at radius 3 is 3.10 bits per heavy atom. The SMILES string of the molecule is Cn1c(-c2cccc3c2CCCN3)nc2ccncc21. The number of hydrogen-bond acceptors (Lipinski definition) is 3. The molecule has 1 aliphatic rings. The first kappa shape index (κ1) is 11.5. The number of imidazole rings is 1. The van der Waals surface area contributed by atoms with Gasteiger partial charge in [-0.25, -0.2) is 4.98 Å². The topological polar surface area (TPSA) is 42.7 Å². The summed E-state index contributed by atoms with van der Waals surface area (Å²) in [6.07, 6.45) is 5.95. The van der Waals surface area contributed by atoms with Gasteiger partial charge in [0.2, 0.25) is 0 Å². The van der Waals surface area contributed by atoms with Crippen molar-refractivity contribution in [3.63, 3.8) is 0 Å². The Balaban J connectivity index is 1.98. The van der Waals surface area contributed by atoms with E-state index in [4.69, 9.17) is 4.98 Å². The lowest BCUT2D eigenvalue weighted by Crippen LogP contribution is -2.13. The van der Waals surface area contributed by atoms with Gasteiger partial charge >= 0.3 is 0 Å². The predicted octanol–water partition coefficient (Wildman–Crippen LogP) is 2.99. The van der Waals surface area contributed by atoms with Crippen LogP contribution in [0.2, 0.25) is 0 Å². The molecule has 1 N–H and O–H groups in total. The lowest BCUT2D eigenvalue weighted by atomic mass is 9.97. The van der Waals surface area contributed by atoms with Gasteiger partial charge in [0, 0.05) is 31.0 Å². The fourth-order valence-corrected chi connectivity index (χ4v) is 3.00. The molecule has 0 saturated heterocycles. The molecule has 0 unspecified atom stereocenters. The van der Waals surface area contributed by atoms with Crippen molar-refractivity contribution in [2.24, 2.45) is 7.05 Å². The maximum atomic E-state index is 4.79. The highest BCUT2D eigenvalue weighted by Crippen LogP contribution is 2.33. The van der Waals surface area contributed by atoms with Crippen molar-refractivity contribution in [2.75, 3.05) is 11.9 Å². The molecule has 0 amide bonds. The van der Waals surface area contributed by atoms with Gasteiger partial charge in [-0.3, -0.25) is 4.98 Å². The summed E-state index contributed by atoms with van der Waals surface area (Å²) >= 11 is 0. The molecule has 1 aromatic carbocycles. The lowest BCUT2D eigenvalue weighted by molar-refractivity contribution is 0.828. The van der Waals surface area contributed by atoms with E-state index < -0.39 is 0 Å². The van der Waals surface area contributed by atoms with E-state index in [1.165, 1.54) is 23.2 Å². The number of benzene rings is 1. The molecular weight excluding hydrogens is 248 g/mol. The maximum Gasteiger partial charge on any atom is 0.141 e. The zero-order chi connectivity index (χ0) is 13.5. The first-order valence-electron chi connectivity index (χ1n) is 6.97. The zero-order valence-electron chi connectivity index (χ0n) is 11.4. The van der Waals surface area contributed by atoms with Crippen molar-refractivity contribution in [3.05, 3.63) is 42.2 Å². The number of anilines is 1. The number of fused-ring (bicyclic) bond motifs is 2. The highest BCUT2D eigenvalue weighted by molar-refractivity contribution is 5.81. The standard InChI is InChI=1S/C16H16N4/c1-20-15-10-17-9-7-14(15)19-16(20)12-4-2-6-13-11(12)5-3-8-18-13/h2,4,6-7,9-10,18H,3,5,8H2,1H3. The third kappa shape index (κ3) is 1.61. The Bertz CT molecular complexity index is 788. The summed E-state index contributed by atoms with van der Waals surface area (Å²) in [7, 11) is 2.06. The third-order valence-electron chi connectivity index (χ3n) is 4.02. The molecule has 20 heavy (non-hydrogen) atoms. The second kappa shape index (κ2) is 4.34. The van der Waals surface area contributed by atoms with Gasteiger partial charge < -0.3 is 9.88 Å². The van der Waals surface area contributed by atoms with Crippen LogP contribution in [0.3, 0.4) is 0 Å². The number of aryl methyl sites for hydroxylation is 1. The Morgan fingerprint density at radius 2 is 2.20 bits per heavy atom. The summed E-state index contributed by atoms with van der Waals surface area (Å²) in [4.78, 5) is 8.98. The van der Waals surface area contributed by atoms with Crippen molar-refractivity contribution in [3.8, 4) is 11.4 Å². The first-order chi connectivity index (χ1) is 9.84. The monoisotopic (exact) mass is 264 g/mol. The van der Waals surface area contributed by atoms with Gasteiger partial charge in [0.1, 0.15) is 5.82 Å². The summed E-state index contributed by atoms with van der Waals surface area (Å²) in [6, 6.07) is 8.39. The molecule has 0 aliphatic carbocycles. The lowest BCUT2D eigenvalue weighted by Gasteiger charge is -2.20. The van der Waals surface area contributed by atoms with E-state index in [0.717, 1.165) is 29.8 Å². The normalized spacial score (nSPS) is 14.1. The third-order valence-corrected chi connectivity index (χ3v) is 4.02. The number of aromatic nitrogens is 3. The highest BCUT2D eigenvalue weighted by atomic mass is 15.1. The molecule has 0 spiro atoms. The molecule has 3 heterocycles. The molecule has 4 heteroatoms. The van der Waals surface area contributed by atoms with Crippen molar-refractivity contribution >= 4 is 16.7 Å². The van der Waals surface area contributed by atoms with E-state index in [9.17, 15) is 0 Å². The summed E-state index contributed by atoms with van der Waals surface area (Å²) in [5.74, 6) is 1.02. The summed E-state index contributed by atoms with van der Waals surface area (Å²) in [6.45, 7) is 1.06. The van der Waals surface area contributed by atoms with Crippen molar-refractivity contribution in [1.29, 1.82) is 0 Å². The minimum atomic E-state index is 0.999. The highest BCUT2D eigenvalue weighted by Gasteiger charge is 2.17. The van der Waals surface area contributed by atoms with Gasteiger partial charge in [-0.15, -0.1) is 0 Å². The predicted molar refractivity (Wildman–Crippen MR) is 80.8 cm³/mol. The molecule has 0 radical (unpaired) electrons. The first-order valence-corrected chi connectivity index (χ1v) is 6.97. The average molecular weight is 264 g/mol. The Morgan fingerprint density at radius 1 is 1.25 bits per heavy atom. The van der Waals surface area contributed by atoms with Gasteiger partial charge in [-0.05, 0) is 30.5 Å². The number of nitrogens with one attached hydrogen (secondary N) is 1. The quantitative estimate of drug-likeness (QED) is 0.734. The van der Waals surface area contributed by atoms with Crippen LogP contribution < -0.4 is 5.32 Å². The van der Waals surface area contributed by atoms with Gasteiger partial charge in [0.15, 0.2) is 0 Å². The van der Waals surface area contributed by atoms with Crippen LogP contribution >= 0.6 is 0 Å². The summed E-state index contributed by atoms with van der Waals surface area (Å²) in [5.41, 5.74) is 5.93. The van der Waals surface area contributed by atoms with Crippen LogP contribution in [0.1, 0.15) is 12.0 Å². The molecule has 1 aliphatic heterocycles. The van der Waals surface area contributed by atoms with Gasteiger partial charge in [0.25, 0.3) is 0 Å². The molecule has 3 aromatic rings. The second-order valence-electron chi connectivity index (χ2n) is 5.22. The van der Waals surface area contributed by atoms with E-state index in [-0.39, 0.29) is 0 Å². The van der Waals surface area contributed by atoms with Gasteiger partial charge in [-0.2, -0.15) is 0 Å². The fraction of sp³-hybridized carbons (Fsp3) is 0.250. The Kier molecular flexibility index (Phi) is 2.49. The minimum absolute atomic E-state index is 0.999. The van der Waals surface area contributed by atoms with Crippen LogP contribution in [0.15, 0.2) is 36.7 Å². The van der Waals surface area contributed by atoms with Crippen LogP contribution in [-0.2, 0) is 13.5 Å². The molecule has 0 fully saturated rings. The Hall–Kier alpha value is -2.36. The van der Waals surface area contributed by atoms with E-state index in [1.807, 2.05) is 12.3 Å². The van der Waals surface area contributed by atoms with Crippen LogP contribution in [0.4, 0.5) is 5.69 Å². The molecule has 100 valence electrons. The molecule has 0 saturated carbocycles. The van der Waals surface area contributed by atoms with E-state index in [1.54, 1.807) is 6.20 Å². The van der Waals surface area contributed by atoms with Crippen LogP contribution in [-0.4, -0.2) is 21.1 Å². The van der Waals surface area contributed by atoms with Crippen molar-refractivity contribution in [1.82, 2.24) is 14.5 Å². The molecule has 2 aromatic heterocycles. The molecule has 4 rings (SSSR count). The average Bonchev–Trinajstić information content (AvgIpc) is 2.84. The smallest absolute Gasteiger partial charge is 0.141 e. The van der Waals surface area contributed by atoms with E-state index in [0.29, 0.717) is 0 Å². The summed E-state index contributed by atoms with van der Waals surface area (Å²) in [5, 5.41) is 3.48. The van der Waals surface area contributed by atoms with Crippen molar-refractivity contribution < 1.29 is 0 Å². The van der Waals surface area contributed by atoms with Crippen LogP contribution in [0.5, 0.6) is 0 Å². The molecule has 4 nitrogen and oxygen atoms in total. The van der Waals surface area contributed by atoms with E-state index in [2.05, 4.69) is 40.1 Å².